The molecule has 0 aliphatic heterocycles. The number of thiol groups is 1. The summed E-state index contributed by atoms with van der Waals surface area (Å²) in [6, 6.07) is 0.511. The zero-order chi connectivity index (χ0) is 17.4. The molecule has 1 aliphatic rings. The van der Waals surface area contributed by atoms with Crippen LogP contribution in [0.4, 0.5) is 5.13 Å². The van der Waals surface area contributed by atoms with Crippen LogP contribution in [0, 0.1) is 0 Å². The van der Waals surface area contributed by atoms with E-state index in [1.807, 2.05) is 0 Å². The molecular formula is C16H26N4O2S2. The van der Waals surface area contributed by atoms with Gasteiger partial charge in [-0.1, -0.05) is 6.92 Å². The van der Waals surface area contributed by atoms with E-state index in [0.717, 1.165) is 37.9 Å². The second-order valence-corrected chi connectivity index (χ2v) is 7.44. The highest BCUT2D eigenvalue weighted by Crippen LogP contribution is 2.29. The summed E-state index contributed by atoms with van der Waals surface area (Å²) < 4.78 is 0. The number of hydrogen-bond donors (Lipinski definition) is 4. The third-order valence-corrected chi connectivity index (χ3v) is 5.14. The molecule has 2 amide bonds. The lowest BCUT2D eigenvalue weighted by Gasteiger charge is -2.21. The van der Waals surface area contributed by atoms with E-state index in [0.29, 0.717) is 23.5 Å². The van der Waals surface area contributed by atoms with Crippen molar-refractivity contribution in [2.75, 3.05) is 24.2 Å². The van der Waals surface area contributed by atoms with Gasteiger partial charge in [0, 0.05) is 36.1 Å². The van der Waals surface area contributed by atoms with E-state index >= 15 is 0 Å². The van der Waals surface area contributed by atoms with Gasteiger partial charge >= 0.3 is 0 Å². The van der Waals surface area contributed by atoms with Crippen molar-refractivity contribution >= 4 is 40.9 Å². The molecule has 0 fully saturated rings. The number of fused-ring (bicyclic) bond motifs is 1. The first-order chi connectivity index (χ1) is 11.6. The number of carbonyl (C=O) groups excluding carboxylic acids is 2. The second kappa shape index (κ2) is 10.0. The molecule has 0 aromatic carbocycles. The van der Waals surface area contributed by atoms with Crippen molar-refractivity contribution in [3.8, 4) is 0 Å². The van der Waals surface area contributed by atoms with Gasteiger partial charge in [-0.25, -0.2) is 4.98 Å². The van der Waals surface area contributed by atoms with E-state index < -0.39 is 0 Å². The summed E-state index contributed by atoms with van der Waals surface area (Å²) in [5.41, 5.74) is 1.11. The minimum atomic E-state index is -0.164. The van der Waals surface area contributed by atoms with Gasteiger partial charge < -0.3 is 16.0 Å². The first-order valence-electron chi connectivity index (χ1n) is 8.51. The maximum Gasteiger partial charge on any atom is 0.226 e. The third kappa shape index (κ3) is 6.07. The van der Waals surface area contributed by atoms with Gasteiger partial charge in [-0.05, 0) is 32.2 Å². The number of nitrogens with one attached hydrogen (secondary N) is 3. The van der Waals surface area contributed by atoms with E-state index in [2.05, 4.69) is 40.5 Å². The molecular weight excluding hydrogens is 344 g/mol. The maximum absolute atomic E-state index is 12.0. The van der Waals surface area contributed by atoms with E-state index in [1.54, 1.807) is 11.3 Å². The van der Waals surface area contributed by atoms with E-state index in [4.69, 9.17) is 0 Å². The zero-order valence-corrected chi connectivity index (χ0v) is 15.8. The molecule has 134 valence electrons. The Kier molecular flexibility index (Phi) is 8.01. The van der Waals surface area contributed by atoms with Crippen LogP contribution in [-0.4, -0.2) is 41.7 Å². The number of rotatable bonds is 9. The molecule has 0 saturated carbocycles. The Labute approximate surface area is 152 Å². The predicted octanol–water partition coefficient (Wildman–Crippen LogP) is 1.76. The minimum absolute atomic E-state index is 0.123. The maximum atomic E-state index is 12.0. The molecule has 1 aromatic heterocycles. The smallest absolute Gasteiger partial charge is 0.226 e. The SMILES string of the molecule is CCCNC1CCc2nc(NC(=O)CCC(=O)NCCS)sc2C1. The van der Waals surface area contributed by atoms with Crippen LogP contribution in [0.2, 0.25) is 0 Å². The first kappa shape index (κ1) is 19.2. The summed E-state index contributed by atoms with van der Waals surface area (Å²) in [7, 11) is 0. The fraction of sp³-hybridized carbons (Fsp3) is 0.688. The van der Waals surface area contributed by atoms with Crippen LogP contribution >= 0.6 is 24.0 Å². The summed E-state index contributed by atoms with van der Waals surface area (Å²) in [6.45, 7) is 3.73. The molecule has 0 spiro atoms. The van der Waals surface area contributed by atoms with E-state index in [9.17, 15) is 9.59 Å². The summed E-state index contributed by atoms with van der Waals surface area (Å²) in [6.07, 6.45) is 4.52. The molecule has 6 nitrogen and oxygen atoms in total. The van der Waals surface area contributed by atoms with Crippen LogP contribution < -0.4 is 16.0 Å². The Morgan fingerprint density at radius 3 is 2.83 bits per heavy atom. The van der Waals surface area contributed by atoms with E-state index in [-0.39, 0.29) is 24.7 Å². The highest BCUT2D eigenvalue weighted by atomic mass is 32.1. The zero-order valence-electron chi connectivity index (χ0n) is 14.1. The third-order valence-electron chi connectivity index (χ3n) is 3.88. The Morgan fingerprint density at radius 1 is 1.29 bits per heavy atom. The quantitative estimate of drug-likeness (QED) is 0.499. The Morgan fingerprint density at radius 2 is 2.08 bits per heavy atom. The largest absolute Gasteiger partial charge is 0.355 e. The van der Waals surface area contributed by atoms with Gasteiger partial charge in [-0.3, -0.25) is 9.59 Å². The molecule has 0 saturated heterocycles. The van der Waals surface area contributed by atoms with Crippen molar-refractivity contribution in [2.45, 2.75) is 51.5 Å². The number of anilines is 1. The number of hydrogen-bond acceptors (Lipinski definition) is 6. The Balaban J connectivity index is 1.79. The average Bonchev–Trinajstić information content (AvgIpc) is 2.97. The molecule has 1 aliphatic carbocycles. The lowest BCUT2D eigenvalue weighted by atomic mass is 9.98. The van der Waals surface area contributed by atoms with Gasteiger partial charge in [0.1, 0.15) is 0 Å². The lowest BCUT2D eigenvalue weighted by Crippen LogP contribution is -2.34. The van der Waals surface area contributed by atoms with E-state index in [1.165, 1.54) is 4.88 Å². The lowest BCUT2D eigenvalue weighted by molar-refractivity contribution is -0.124. The van der Waals surface area contributed by atoms with Gasteiger partial charge in [-0.2, -0.15) is 12.6 Å². The molecule has 1 atom stereocenters. The van der Waals surface area contributed by atoms with Crippen molar-refractivity contribution in [1.82, 2.24) is 15.6 Å². The summed E-state index contributed by atoms with van der Waals surface area (Å²) in [5.74, 6) is 0.307. The minimum Gasteiger partial charge on any atom is -0.355 e. The molecule has 2 rings (SSSR count). The first-order valence-corrected chi connectivity index (χ1v) is 9.96. The van der Waals surface area contributed by atoms with Crippen molar-refractivity contribution in [3.63, 3.8) is 0 Å². The molecule has 0 bridgehead atoms. The average molecular weight is 371 g/mol. The van der Waals surface area contributed by atoms with Crippen LogP contribution in [0.5, 0.6) is 0 Å². The van der Waals surface area contributed by atoms with Gasteiger partial charge in [0.05, 0.1) is 5.69 Å². The Hall–Kier alpha value is -1.12. The van der Waals surface area contributed by atoms with Gasteiger partial charge in [-0.15, -0.1) is 11.3 Å². The molecule has 8 heteroatoms. The number of thiazole rings is 1. The molecule has 1 unspecified atom stereocenters. The van der Waals surface area contributed by atoms with Crippen molar-refractivity contribution in [3.05, 3.63) is 10.6 Å². The fourth-order valence-corrected chi connectivity index (χ4v) is 3.86. The number of amides is 2. The monoisotopic (exact) mass is 370 g/mol. The van der Waals surface area contributed by atoms with Crippen LogP contribution in [0.1, 0.15) is 43.2 Å². The van der Waals surface area contributed by atoms with Crippen LogP contribution in [-0.2, 0) is 22.4 Å². The molecule has 24 heavy (non-hydrogen) atoms. The van der Waals surface area contributed by atoms with Gasteiger partial charge in [0.15, 0.2) is 5.13 Å². The molecule has 3 N–H and O–H groups in total. The number of aryl methyl sites for hydroxylation is 1. The summed E-state index contributed by atoms with van der Waals surface area (Å²) >= 11 is 5.58. The highest BCUT2D eigenvalue weighted by Gasteiger charge is 2.22. The highest BCUT2D eigenvalue weighted by molar-refractivity contribution is 7.80. The van der Waals surface area contributed by atoms with Crippen LogP contribution in [0.25, 0.3) is 0 Å². The van der Waals surface area contributed by atoms with Crippen LogP contribution in [0.3, 0.4) is 0 Å². The molecule has 1 heterocycles. The summed E-state index contributed by atoms with van der Waals surface area (Å²) in [4.78, 5) is 29.2. The van der Waals surface area contributed by atoms with Crippen LogP contribution in [0.15, 0.2) is 0 Å². The number of aromatic nitrogens is 1. The number of nitrogens with zero attached hydrogens (tertiary/aromatic N) is 1. The molecule has 1 aromatic rings. The van der Waals surface area contributed by atoms with Gasteiger partial charge in [0.2, 0.25) is 11.8 Å². The van der Waals surface area contributed by atoms with Gasteiger partial charge in [0.25, 0.3) is 0 Å². The predicted molar refractivity (Wildman–Crippen MR) is 101 cm³/mol. The summed E-state index contributed by atoms with van der Waals surface area (Å²) in [5, 5.41) is 9.72. The fourth-order valence-electron chi connectivity index (χ4n) is 2.64. The number of carbonyl (C=O) groups is 2. The molecule has 0 radical (unpaired) electrons. The Bertz CT molecular complexity index is 562. The second-order valence-electron chi connectivity index (χ2n) is 5.90. The van der Waals surface area contributed by atoms with Crippen molar-refractivity contribution < 1.29 is 9.59 Å². The van der Waals surface area contributed by atoms with Crippen molar-refractivity contribution in [2.24, 2.45) is 0 Å². The topological polar surface area (TPSA) is 83.1 Å². The standard InChI is InChI=1S/C16H26N4O2S2/c1-2-7-17-11-3-4-12-13(10-11)24-16(19-12)20-15(22)6-5-14(21)18-8-9-23/h11,17,23H,2-10H2,1H3,(H,18,21)(H,19,20,22). The van der Waals surface area contributed by atoms with Crippen molar-refractivity contribution in [1.29, 1.82) is 0 Å². The normalized spacial score (nSPS) is 16.5.